The fourth-order valence-electron chi connectivity index (χ4n) is 6.79. The molecule has 9 atom stereocenters. The van der Waals surface area contributed by atoms with Crippen molar-refractivity contribution >= 4 is 11.9 Å². The molecule has 0 unspecified atom stereocenters. The molecule has 15 heteroatoms. The fraction of sp³-hybridized carbons (Fsp3) is 0.949. The first kappa shape index (κ1) is 53.5. The maximum atomic E-state index is 13.4. The van der Waals surface area contributed by atoms with E-state index >= 15 is 0 Å². The van der Waals surface area contributed by atoms with Crippen molar-refractivity contribution in [1.29, 1.82) is 0 Å². The third-order valence-electron chi connectivity index (χ3n) is 10.3. The van der Waals surface area contributed by atoms with Gasteiger partial charge in [-0.2, -0.15) is 0 Å². The van der Waals surface area contributed by atoms with E-state index in [0.29, 0.717) is 25.8 Å². The Bertz CT molecular complexity index is 920. The van der Waals surface area contributed by atoms with Crippen LogP contribution in [0, 0.1) is 0 Å². The number of ether oxygens (including phenoxy) is 2. The second-order valence-electron chi connectivity index (χ2n) is 14.9. The van der Waals surface area contributed by atoms with Gasteiger partial charge in [-0.15, -0.1) is 0 Å². The Kier molecular flexibility index (Phi) is 33.2. The van der Waals surface area contributed by atoms with Gasteiger partial charge < -0.3 is 65.1 Å². The summed E-state index contributed by atoms with van der Waals surface area (Å²) in [5.74, 6) is -1.21. The van der Waals surface area contributed by atoms with Crippen LogP contribution >= 0.6 is 0 Å². The van der Waals surface area contributed by atoms with E-state index < -0.39 is 74.3 Å². The Labute approximate surface area is 345 Å². The number of aliphatic carboxylic acids is 1. The Balaban J connectivity index is 0.0000281. The molecule has 0 aromatic carbocycles. The van der Waals surface area contributed by atoms with Gasteiger partial charge in [0.1, 0.15) is 48.8 Å². The van der Waals surface area contributed by atoms with E-state index in [1.807, 2.05) is 0 Å². The molecule has 1 fully saturated rings. The zero-order valence-corrected chi connectivity index (χ0v) is 35.4. The first-order valence-corrected chi connectivity index (χ1v) is 20.6. The number of aliphatic hydroxyl groups is 8. The summed E-state index contributed by atoms with van der Waals surface area (Å²) in [5.41, 5.74) is 0. The van der Waals surface area contributed by atoms with Crippen LogP contribution in [0.4, 0.5) is 0 Å². The second kappa shape index (κ2) is 33.5. The summed E-state index contributed by atoms with van der Waals surface area (Å²) in [6.07, 6.45) is 7.01. The molecule has 0 aliphatic carbocycles. The maximum Gasteiger partial charge on any atom is 1.00 e. The van der Waals surface area contributed by atoms with Gasteiger partial charge in [-0.3, -0.25) is 4.79 Å². The van der Waals surface area contributed by atoms with Crippen molar-refractivity contribution in [2.75, 3.05) is 26.3 Å². The largest absolute Gasteiger partial charge is 1.00 e. The normalized spacial score (nSPS) is 22.3. The molecule has 14 nitrogen and oxygen atoms in total. The van der Waals surface area contributed by atoms with Gasteiger partial charge in [0, 0.05) is 25.5 Å². The van der Waals surface area contributed by atoms with Crippen molar-refractivity contribution in [2.24, 2.45) is 0 Å². The van der Waals surface area contributed by atoms with Gasteiger partial charge in [0.05, 0.1) is 13.2 Å². The number of carbonyl (C=O) groups is 2. The average Bonchev–Trinajstić information content (AvgIpc) is 3.14. The Morgan fingerprint density at radius 1 is 0.667 bits per heavy atom. The number of carbonyl (C=O) groups excluding carboxylic acids is 2. The molecule has 0 spiro atoms. The smallest absolute Gasteiger partial charge is 0.550 e. The van der Waals surface area contributed by atoms with Gasteiger partial charge in [-0.1, -0.05) is 122 Å². The zero-order valence-electron chi connectivity index (χ0n) is 33.4. The van der Waals surface area contributed by atoms with Gasteiger partial charge in [0.15, 0.2) is 6.29 Å². The van der Waals surface area contributed by atoms with Gasteiger partial charge in [0.2, 0.25) is 5.91 Å². The number of rotatable bonds is 34. The molecule has 1 amide bonds. The SMILES string of the molecule is CCCCCCCCCCCCCCCC(=O)N(CCCCCCCCCCC(=O)[O-])C[C@H](O)[C@@H](O)[C@H](O[C@@H]1O[C@H](CO)[C@H](O)[C@H](O)[C@H]1O)[C@H](O)CO.[Na+]. The molecule has 1 rings (SSSR count). The Morgan fingerprint density at radius 3 is 1.59 bits per heavy atom. The third kappa shape index (κ3) is 23.1. The summed E-state index contributed by atoms with van der Waals surface area (Å²) >= 11 is 0. The number of carboxylic acids is 1. The molecule has 1 heterocycles. The van der Waals surface area contributed by atoms with Gasteiger partial charge >= 0.3 is 29.6 Å². The number of hydrogen-bond donors (Lipinski definition) is 8. The van der Waals surface area contributed by atoms with E-state index in [4.69, 9.17) is 9.47 Å². The van der Waals surface area contributed by atoms with Crippen LogP contribution in [0.15, 0.2) is 0 Å². The molecule has 0 aromatic rings. The van der Waals surface area contributed by atoms with Crippen molar-refractivity contribution in [3.8, 4) is 0 Å². The van der Waals surface area contributed by atoms with E-state index in [0.717, 1.165) is 57.8 Å². The molecule has 1 aliphatic heterocycles. The molecule has 0 radical (unpaired) electrons. The summed E-state index contributed by atoms with van der Waals surface area (Å²) in [5, 5.41) is 93.1. The van der Waals surface area contributed by atoms with Crippen molar-refractivity contribution in [2.45, 2.75) is 210 Å². The minimum atomic E-state index is -1.87. The van der Waals surface area contributed by atoms with Crippen LogP contribution < -0.4 is 34.7 Å². The molecule has 0 saturated carbocycles. The van der Waals surface area contributed by atoms with Crippen LogP contribution in [0.3, 0.4) is 0 Å². The van der Waals surface area contributed by atoms with E-state index in [2.05, 4.69) is 6.92 Å². The summed E-state index contributed by atoms with van der Waals surface area (Å²) in [4.78, 5) is 25.5. The number of carboxylic acid groups (broad SMARTS) is 1. The predicted molar refractivity (Wildman–Crippen MR) is 197 cm³/mol. The van der Waals surface area contributed by atoms with Gasteiger partial charge in [-0.05, 0) is 25.7 Å². The third-order valence-corrected chi connectivity index (χ3v) is 10.3. The van der Waals surface area contributed by atoms with Crippen LogP contribution in [-0.4, -0.2) is 139 Å². The molecule has 8 N–H and O–H groups in total. The Morgan fingerprint density at radius 2 is 1.13 bits per heavy atom. The van der Waals surface area contributed by atoms with Gasteiger partial charge in [-0.25, -0.2) is 0 Å². The average molecular weight is 788 g/mol. The summed E-state index contributed by atoms with van der Waals surface area (Å²) in [7, 11) is 0. The zero-order chi connectivity index (χ0) is 39.4. The summed E-state index contributed by atoms with van der Waals surface area (Å²) in [6, 6.07) is 0. The molecule has 0 bridgehead atoms. The fourth-order valence-corrected chi connectivity index (χ4v) is 6.79. The number of hydrogen-bond acceptors (Lipinski definition) is 13. The van der Waals surface area contributed by atoms with Crippen LogP contribution in [0.1, 0.15) is 155 Å². The summed E-state index contributed by atoms with van der Waals surface area (Å²) < 4.78 is 10.9. The minimum absolute atomic E-state index is 0. The molecule has 1 aliphatic rings. The van der Waals surface area contributed by atoms with E-state index in [1.165, 1.54) is 62.7 Å². The summed E-state index contributed by atoms with van der Waals surface area (Å²) in [6.45, 7) is 0.634. The van der Waals surface area contributed by atoms with Crippen molar-refractivity contribution in [3.63, 3.8) is 0 Å². The number of nitrogens with zero attached hydrogens (tertiary/aromatic N) is 1. The monoisotopic (exact) mass is 788 g/mol. The second-order valence-corrected chi connectivity index (χ2v) is 14.9. The molecule has 1 saturated heterocycles. The quantitative estimate of drug-likeness (QED) is 0.0284. The maximum absolute atomic E-state index is 13.4. The van der Waals surface area contributed by atoms with Crippen molar-refractivity contribution in [1.82, 2.24) is 4.90 Å². The number of amides is 1. The molecule has 0 aromatic heterocycles. The first-order chi connectivity index (χ1) is 25.5. The topological polar surface area (TPSA) is 241 Å². The van der Waals surface area contributed by atoms with Crippen LogP contribution in [0.2, 0.25) is 0 Å². The van der Waals surface area contributed by atoms with Crippen molar-refractivity contribution < 1.29 is 94.6 Å². The minimum Gasteiger partial charge on any atom is -0.550 e. The molecular weight excluding hydrogens is 713 g/mol. The van der Waals surface area contributed by atoms with Crippen molar-refractivity contribution in [3.05, 3.63) is 0 Å². The number of aliphatic hydroxyl groups excluding tert-OH is 8. The van der Waals surface area contributed by atoms with E-state index in [9.17, 15) is 55.5 Å². The molecule has 314 valence electrons. The Hall–Kier alpha value is -0.460. The molecular formula is C39H74NNaO13. The predicted octanol–water partition coefficient (Wildman–Crippen LogP) is -1.18. The van der Waals surface area contributed by atoms with Gasteiger partial charge in [0.25, 0.3) is 0 Å². The van der Waals surface area contributed by atoms with E-state index in [-0.39, 0.29) is 54.9 Å². The standard InChI is InChI=1S/C39H75NO13.Na/c1-2-3-4-5-6-7-8-9-10-11-14-17-20-23-32(45)40(25-22-19-16-13-12-15-18-21-24-33(46)47)26-29(43)34(48)38(30(44)27-41)53-39-37(51)36(50)35(49)31(28-42)52-39;/h29-31,34-39,41-44,48-51H,2-28H2,1H3,(H,46,47);/q;+1/p-1/t29-,30+,31+,34+,35-,36-,37+,38+,39-;/m0./s1. The molecule has 54 heavy (non-hydrogen) atoms. The van der Waals surface area contributed by atoms with Crippen LogP contribution in [0.25, 0.3) is 0 Å². The van der Waals surface area contributed by atoms with Crippen LogP contribution in [-0.2, 0) is 19.1 Å². The van der Waals surface area contributed by atoms with Crippen LogP contribution in [0.5, 0.6) is 0 Å². The first-order valence-electron chi connectivity index (χ1n) is 20.6. The number of unbranched alkanes of at least 4 members (excludes halogenated alkanes) is 19. The van der Waals surface area contributed by atoms with E-state index in [1.54, 1.807) is 0 Å².